The van der Waals surface area contributed by atoms with E-state index in [-0.39, 0.29) is 9.79 Å². The van der Waals surface area contributed by atoms with E-state index in [1.54, 1.807) is 60.7 Å². The van der Waals surface area contributed by atoms with Crippen LogP contribution in [0.25, 0.3) is 10.8 Å². The Morgan fingerprint density at radius 2 is 0.895 bits per heavy atom. The maximum Gasteiger partial charge on any atom is 0.297 e. The van der Waals surface area contributed by atoms with Gasteiger partial charge in [0.05, 0.1) is 9.79 Å². The van der Waals surface area contributed by atoms with Gasteiger partial charge in [-0.05, 0) is 48.9 Å². The molecule has 0 bridgehead atoms. The maximum atomic E-state index is 12.8. The number of hydrogen-bond acceptors (Lipinski definition) is 8. The summed E-state index contributed by atoms with van der Waals surface area (Å²) >= 11 is 0. The molecule has 0 amide bonds. The van der Waals surface area contributed by atoms with E-state index in [0.29, 0.717) is 21.9 Å². The molecule has 2 unspecified atom stereocenters. The molecule has 4 aromatic carbocycles. The molecule has 4 rings (SSSR count). The highest BCUT2D eigenvalue weighted by molar-refractivity contribution is 7.87. The fourth-order valence-corrected chi connectivity index (χ4v) is 5.93. The second-order valence-electron chi connectivity index (χ2n) is 8.52. The number of carbonyl (C=O) groups excluding carboxylic acids is 2. The molecular formula is C28H24O8S2. The van der Waals surface area contributed by atoms with Crippen molar-refractivity contribution in [3.05, 3.63) is 108 Å². The molecule has 4 aromatic rings. The van der Waals surface area contributed by atoms with Crippen LogP contribution >= 0.6 is 0 Å². The minimum atomic E-state index is -4.30. The highest BCUT2D eigenvalue weighted by atomic mass is 32.2. The molecule has 2 atom stereocenters. The summed E-state index contributed by atoms with van der Waals surface area (Å²) in [6.45, 7) is 2.71. The number of ketones is 2. The van der Waals surface area contributed by atoms with Crippen molar-refractivity contribution in [1.82, 2.24) is 0 Å². The molecular weight excluding hydrogens is 528 g/mol. The fourth-order valence-electron chi connectivity index (χ4n) is 3.77. The molecule has 0 heterocycles. The molecule has 0 aliphatic carbocycles. The van der Waals surface area contributed by atoms with Gasteiger partial charge < -0.3 is 0 Å². The smallest absolute Gasteiger partial charge is 0.291 e. The molecule has 0 fully saturated rings. The third-order valence-corrected chi connectivity index (χ3v) is 8.50. The summed E-state index contributed by atoms with van der Waals surface area (Å²) < 4.78 is 61.6. The second kappa shape index (κ2) is 11.0. The quantitative estimate of drug-likeness (QED) is 0.203. The molecule has 0 aliphatic heterocycles. The first-order valence-corrected chi connectivity index (χ1v) is 14.4. The van der Waals surface area contributed by atoms with Gasteiger partial charge in [0.2, 0.25) is 0 Å². The predicted molar refractivity (Wildman–Crippen MR) is 141 cm³/mol. The topological polar surface area (TPSA) is 121 Å². The van der Waals surface area contributed by atoms with E-state index < -0.39 is 44.0 Å². The third-order valence-electron chi connectivity index (χ3n) is 5.76. The molecule has 0 saturated heterocycles. The van der Waals surface area contributed by atoms with Gasteiger partial charge in [0.25, 0.3) is 20.2 Å². The van der Waals surface area contributed by atoms with Gasteiger partial charge in [-0.2, -0.15) is 16.8 Å². The monoisotopic (exact) mass is 552 g/mol. The summed E-state index contributed by atoms with van der Waals surface area (Å²) in [5.74, 6) is -0.963. The average Bonchev–Trinajstić information content (AvgIpc) is 2.92. The SMILES string of the molecule is CC(OS(=O)(=O)c1ccc2cc(S(=O)(=O)OC(C)C(=O)c3ccccc3)ccc2c1)C(=O)c1ccccc1. The van der Waals surface area contributed by atoms with Crippen molar-refractivity contribution >= 4 is 42.6 Å². The first kappa shape index (κ1) is 27.3. The fraction of sp³-hybridized carbons (Fsp3) is 0.143. The van der Waals surface area contributed by atoms with Gasteiger partial charge in [0.1, 0.15) is 12.2 Å². The summed E-state index contributed by atoms with van der Waals surface area (Å²) in [4.78, 5) is 24.7. The van der Waals surface area contributed by atoms with Gasteiger partial charge in [0, 0.05) is 11.1 Å². The molecule has 0 aromatic heterocycles. The molecule has 0 N–H and O–H groups in total. The van der Waals surface area contributed by atoms with Crippen LogP contribution in [-0.4, -0.2) is 40.6 Å². The van der Waals surface area contributed by atoms with E-state index in [0.717, 1.165) is 0 Å². The largest absolute Gasteiger partial charge is 0.297 e. The zero-order chi connectivity index (χ0) is 27.5. The van der Waals surface area contributed by atoms with Crippen LogP contribution in [-0.2, 0) is 28.6 Å². The summed E-state index contributed by atoms with van der Waals surface area (Å²) in [5.41, 5.74) is 0.647. The zero-order valence-electron chi connectivity index (χ0n) is 20.5. The number of fused-ring (bicyclic) bond motifs is 1. The first-order chi connectivity index (χ1) is 18.0. The highest BCUT2D eigenvalue weighted by Crippen LogP contribution is 2.26. The van der Waals surface area contributed by atoms with Gasteiger partial charge in [-0.25, -0.2) is 0 Å². The van der Waals surface area contributed by atoms with E-state index in [1.807, 2.05) is 0 Å². The number of Topliss-reactive ketones (excluding diaryl/α,β-unsaturated/α-hetero) is 2. The Kier molecular flexibility index (Phi) is 7.89. The molecule has 8 nitrogen and oxygen atoms in total. The van der Waals surface area contributed by atoms with E-state index in [9.17, 15) is 26.4 Å². The van der Waals surface area contributed by atoms with Crippen molar-refractivity contribution in [3.8, 4) is 0 Å². The standard InChI is InChI=1S/C28H24O8S2/c1-19(27(29)21-9-5-3-6-10-21)35-37(31,32)25-15-13-24-18-26(16-14-23(24)17-25)38(33,34)36-20(2)28(30)22-11-7-4-8-12-22/h3-20H,1-2H3. The summed E-state index contributed by atoms with van der Waals surface area (Å²) in [5, 5.41) is 0.841. The average molecular weight is 553 g/mol. The summed E-state index contributed by atoms with van der Waals surface area (Å²) in [6, 6.07) is 24.4. The molecule has 0 spiro atoms. The van der Waals surface area contributed by atoms with E-state index in [2.05, 4.69) is 0 Å². The van der Waals surface area contributed by atoms with Crippen LogP contribution < -0.4 is 0 Å². The third kappa shape index (κ3) is 6.05. The Morgan fingerprint density at radius 3 is 1.24 bits per heavy atom. The van der Waals surface area contributed by atoms with Crippen molar-refractivity contribution in [2.45, 2.75) is 35.8 Å². The van der Waals surface area contributed by atoms with Gasteiger partial charge >= 0.3 is 0 Å². The van der Waals surface area contributed by atoms with Crippen LogP contribution in [0.4, 0.5) is 0 Å². The van der Waals surface area contributed by atoms with Crippen LogP contribution in [0.3, 0.4) is 0 Å². The van der Waals surface area contributed by atoms with Gasteiger partial charge in [-0.15, -0.1) is 0 Å². The molecule has 0 saturated carbocycles. The Hall–Kier alpha value is -3.70. The van der Waals surface area contributed by atoms with Gasteiger partial charge in [-0.1, -0.05) is 72.8 Å². The Balaban J connectivity index is 1.52. The van der Waals surface area contributed by atoms with Gasteiger partial charge in [0.15, 0.2) is 11.6 Å². The number of hydrogen-bond donors (Lipinski definition) is 0. The predicted octanol–water partition coefficient (Wildman–Crippen LogP) is 4.79. The van der Waals surface area contributed by atoms with Crippen molar-refractivity contribution in [1.29, 1.82) is 0 Å². The molecule has 10 heteroatoms. The minimum absolute atomic E-state index is 0.188. The molecule has 196 valence electrons. The zero-order valence-corrected chi connectivity index (χ0v) is 22.1. The highest BCUT2D eigenvalue weighted by Gasteiger charge is 2.27. The van der Waals surface area contributed by atoms with Crippen LogP contribution in [0.2, 0.25) is 0 Å². The van der Waals surface area contributed by atoms with Crippen molar-refractivity contribution in [2.75, 3.05) is 0 Å². The van der Waals surface area contributed by atoms with Crippen LogP contribution in [0.5, 0.6) is 0 Å². The van der Waals surface area contributed by atoms with E-state index >= 15 is 0 Å². The van der Waals surface area contributed by atoms with Crippen molar-refractivity contribution < 1.29 is 34.8 Å². The van der Waals surface area contributed by atoms with Gasteiger partial charge in [-0.3, -0.25) is 18.0 Å². The van der Waals surface area contributed by atoms with Crippen LogP contribution in [0.15, 0.2) is 107 Å². The first-order valence-electron chi connectivity index (χ1n) is 11.6. The lowest BCUT2D eigenvalue weighted by Gasteiger charge is -2.14. The second-order valence-corrected chi connectivity index (χ2v) is 11.7. The number of benzene rings is 4. The normalized spacial score (nSPS) is 13.6. The molecule has 0 aliphatic rings. The lowest BCUT2D eigenvalue weighted by Crippen LogP contribution is -2.24. The Labute approximate surface area is 221 Å². The molecule has 0 radical (unpaired) electrons. The molecule has 38 heavy (non-hydrogen) atoms. The van der Waals surface area contributed by atoms with E-state index in [1.165, 1.54) is 50.2 Å². The Bertz CT molecular complexity index is 1570. The Morgan fingerprint density at radius 1 is 0.553 bits per heavy atom. The maximum absolute atomic E-state index is 12.8. The number of rotatable bonds is 10. The lowest BCUT2D eigenvalue weighted by atomic mass is 10.1. The minimum Gasteiger partial charge on any atom is -0.291 e. The summed E-state index contributed by atoms with van der Waals surface area (Å²) in [6.07, 6.45) is -2.49. The van der Waals surface area contributed by atoms with Crippen molar-refractivity contribution in [2.24, 2.45) is 0 Å². The summed E-state index contributed by atoms with van der Waals surface area (Å²) in [7, 11) is -8.59. The van der Waals surface area contributed by atoms with Crippen molar-refractivity contribution in [3.63, 3.8) is 0 Å². The number of carbonyl (C=O) groups is 2. The van der Waals surface area contributed by atoms with Crippen LogP contribution in [0, 0.1) is 0 Å². The lowest BCUT2D eigenvalue weighted by molar-refractivity contribution is 0.0822. The van der Waals surface area contributed by atoms with Crippen LogP contribution in [0.1, 0.15) is 34.6 Å². The van der Waals surface area contributed by atoms with E-state index in [4.69, 9.17) is 8.37 Å².